The second-order valence-electron chi connectivity index (χ2n) is 3.73. The number of halogens is 1. The molecule has 1 unspecified atom stereocenters. The molecule has 1 saturated heterocycles. The maximum atomic E-state index is 5.75. The van der Waals surface area contributed by atoms with E-state index < -0.39 is 0 Å². The molecular weight excluding hydrogens is 200 g/mol. The maximum Gasteiger partial charge on any atom is 0.197 e. The Kier molecular flexibility index (Phi) is 2.99. The lowest BCUT2D eigenvalue weighted by Crippen LogP contribution is -2.35. The van der Waals surface area contributed by atoms with Crippen LogP contribution >= 0.6 is 11.6 Å². The highest BCUT2D eigenvalue weighted by Gasteiger charge is 2.16. The fourth-order valence-corrected chi connectivity index (χ4v) is 1.92. The van der Waals surface area contributed by atoms with Crippen LogP contribution in [0, 0.1) is 0 Å². The van der Waals surface area contributed by atoms with Crippen LogP contribution in [0.5, 0.6) is 0 Å². The molecule has 0 amide bonds. The molecule has 1 atom stereocenters. The molecule has 2 rings (SSSR count). The third-order valence-electron chi connectivity index (χ3n) is 2.46. The van der Waals surface area contributed by atoms with Crippen molar-refractivity contribution in [2.24, 2.45) is 0 Å². The van der Waals surface area contributed by atoms with Crippen molar-refractivity contribution in [2.45, 2.75) is 19.4 Å². The molecule has 3 nitrogen and oxygen atoms in total. The molecule has 0 aromatic carbocycles. The zero-order valence-corrected chi connectivity index (χ0v) is 9.05. The fourth-order valence-electron chi connectivity index (χ4n) is 1.78. The third kappa shape index (κ3) is 2.22. The van der Waals surface area contributed by atoms with Gasteiger partial charge in [0.15, 0.2) is 11.1 Å². The van der Waals surface area contributed by atoms with E-state index in [1.807, 2.05) is 6.07 Å². The summed E-state index contributed by atoms with van der Waals surface area (Å²) >= 11 is 5.75. The summed E-state index contributed by atoms with van der Waals surface area (Å²) in [6.07, 6.45) is 1.14. The van der Waals surface area contributed by atoms with Gasteiger partial charge in [-0.25, -0.2) is 0 Å². The van der Waals surface area contributed by atoms with Crippen LogP contribution in [-0.2, 0) is 0 Å². The monoisotopic (exact) mass is 214 g/mol. The summed E-state index contributed by atoms with van der Waals surface area (Å²) in [5, 5.41) is 3.90. The molecule has 0 aliphatic carbocycles. The fraction of sp³-hybridized carbons (Fsp3) is 0.600. The van der Waals surface area contributed by atoms with E-state index in [9.17, 15) is 0 Å². The largest absolute Gasteiger partial charge is 0.429 e. The highest BCUT2D eigenvalue weighted by atomic mass is 35.5. The van der Waals surface area contributed by atoms with E-state index in [0.29, 0.717) is 11.3 Å². The van der Waals surface area contributed by atoms with Crippen LogP contribution in [0.3, 0.4) is 0 Å². The topological polar surface area (TPSA) is 28.4 Å². The summed E-state index contributed by atoms with van der Waals surface area (Å²) in [4.78, 5) is 2.23. The summed E-state index contributed by atoms with van der Waals surface area (Å²) in [6, 6.07) is 4.22. The van der Waals surface area contributed by atoms with Crippen molar-refractivity contribution in [2.75, 3.05) is 24.5 Å². The Labute approximate surface area is 89.0 Å². The Morgan fingerprint density at radius 2 is 2.43 bits per heavy atom. The average Bonchev–Trinajstić information content (AvgIpc) is 2.45. The Morgan fingerprint density at radius 1 is 1.57 bits per heavy atom. The Hall–Kier alpha value is -0.670. The maximum absolute atomic E-state index is 5.75. The summed E-state index contributed by atoms with van der Waals surface area (Å²) in [5.74, 6) is 0.880. The van der Waals surface area contributed by atoms with E-state index in [1.165, 1.54) is 0 Å². The van der Waals surface area contributed by atoms with Gasteiger partial charge in [0.25, 0.3) is 0 Å². The molecule has 1 aliphatic heterocycles. The first kappa shape index (κ1) is 9.87. The Morgan fingerprint density at radius 3 is 3.14 bits per heavy atom. The van der Waals surface area contributed by atoms with Crippen molar-refractivity contribution in [3.63, 3.8) is 0 Å². The lowest BCUT2D eigenvalue weighted by atomic mass is 10.3. The summed E-state index contributed by atoms with van der Waals surface area (Å²) in [7, 11) is 0. The highest BCUT2D eigenvalue weighted by Crippen LogP contribution is 2.22. The molecule has 1 aliphatic rings. The first-order chi connectivity index (χ1) is 6.75. The van der Waals surface area contributed by atoms with Crippen molar-refractivity contribution in [3.8, 4) is 0 Å². The van der Waals surface area contributed by atoms with Crippen molar-refractivity contribution >= 4 is 17.5 Å². The van der Waals surface area contributed by atoms with Gasteiger partial charge in [-0.15, -0.1) is 0 Å². The molecule has 0 bridgehead atoms. The van der Waals surface area contributed by atoms with Gasteiger partial charge < -0.3 is 14.6 Å². The van der Waals surface area contributed by atoms with E-state index >= 15 is 0 Å². The number of anilines is 1. The first-order valence-corrected chi connectivity index (χ1v) is 5.37. The van der Waals surface area contributed by atoms with Gasteiger partial charge in [-0.05, 0) is 37.6 Å². The van der Waals surface area contributed by atoms with Gasteiger partial charge in [-0.1, -0.05) is 0 Å². The molecule has 0 radical (unpaired) electrons. The van der Waals surface area contributed by atoms with Gasteiger partial charge in [0.05, 0.1) is 0 Å². The van der Waals surface area contributed by atoms with E-state index in [0.717, 1.165) is 31.9 Å². The van der Waals surface area contributed by atoms with Crippen LogP contribution in [0.25, 0.3) is 0 Å². The quantitative estimate of drug-likeness (QED) is 0.777. The highest BCUT2D eigenvalue weighted by molar-refractivity contribution is 6.28. The van der Waals surface area contributed by atoms with Crippen LogP contribution < -0.4 is 10.2 Å². The smallest absolute Gasteiger partial charge is 0.197 e. The average molecular weight is 215 g/mol. The number of hydrogen-bond acceptors (Lipinski definition) is 3. The van der Waals surface area contributed by atoms with Crippen LogP contribution in [0.2, 0.25) is 5.22 Å². The SMILES string of the molecule is CC1CN(c2ccc(Cl)o2)CCCN1. The van der Waals surface area contributed by atoms with Crippen molar-refractivity contribution in [1.29, 1.82) is 0 Å². The van der Waals surface area contributed by atoms with Gasteiger partial charge in [0, 0.05) is 25.2 Å². The molecule has 1 N–H and O–H groups in total. The number of furan rings is 1. The molecule has 2 heterocycles. The lowest BCUT2D eigenvalue weighted by Gasteiger charge is -2.21. The van der Waals surface area contributed by atoms with Crippen LogP contribution in [0.4, 0.5) is 5.88 Å². The van der Waals surface area contributed by atoms with E-state index in [-0.39, 0.29) is 0 Å². The summed E-state index contributed by atoms with van der Waals surface area (Å²) < 4.78 is 5.39. The zero-order chi connectivity index (χ0) is 9.97. The van der Waals surface area contributed by atoms with Gasteiger partial charge in [0.1, 0.15) is 0 Å². The van der Waals surface area contributed by atoms with Crippen LogP contribution in [-0.4, -0.2) is 25.7 Å². The van der Waals surface area contributed by atoms with Crippen LogP contribution in [0.15, 0.2) is 16.5 Å². The van der Waals surface area contributed by atoms with Gasteiger partial charge in [-0.2, -0.15) is 0 Å². The van der Waals surface area contributed by atoms with Crippen molar-refractivity contribution in [3.05, 3.63) is 17.4 Å². The van der Waals surface area contributed by atoms with Crippen molar-refractivity contribution in [1.82, 2.24) is 5.32 Å². The molecule has 4 heteroatoms. The molecule has 0 spiro atoms. The number of nitrogens with one attached hydrogen (secondary N) is 1. The zero-order valence-electron chi connectivity index (χ0n) is 8.29. The molecule has 1 aromatic rings. The minimum absolute atomic E-state index is 0.463. The Bertz CT molecular complexity index is 300. The van der Waals surface area contributed by atoms with E-state index in [4.69, 9.17) is 16.0 Å². The standard InChI is InChI=1S/C10H15ClN2O/c1-8-7-13(6-2-5-12-8)10-4-3-9(11)14-10/h3-4,8,12H,2,5-7H2,1H3. The van der Waals surface area contributed by atoms with Crippen LogP contribution in [0.1, 0.15) is 13.3 Å². The van der Waals surface area contributed by atoms with Gasteiger partial charge in [-0.3, -0.25) is 0 Å². The van der Waals surface area contributed by atoms with E-state index in [1.54, 1.807) is 6.07 Å². The first-order valence-electron chi connectivity index (χ1n) is 4.99. The molecule has 78 valence electrons. The second-order valence-corrected chi connectivity index (χ2v) is 4.11. The van der Waals surface area contributed by atoms with Gasteiger partial charge in [0.2, 0.25) is 0 Å². The van der Waals surface area contributed by atoms with E-state index in [2.05, 4.69) is 17.1 Å². The number of rotatable bonds is 1. The summed E-state index contributed by atoms with van der Waals surface area (Å²) in [5.41, 5.74) is 0. The Balaban J connectivity index is 2.08. The lowest BCUT2D eigenvalue weighted by molar-refractivity contribution is 0.531. The van der Waals surface area contributed by atoms with Crippen molar-refractivity contribution < 1.29 is 4.42 Å². The molecule has 14 heavy (non-hydrogen) atoms. The number of hydrogen-bond donors (Lipinski definition) is 1. The third-order valence-corrected chi connectivity index (χ3v) is 2.67. The number of nitrogens with zero attached hydrogens (tertiary/aromatic N) is 1. The normalized spacial score (nSPS) is 23.6. The predicted octanol–water partition coefficient (Wildman–Crippen LogP) is 2.12. The minimum atomic E-state index is 0.463. The van der Waals surface area contributed by atoms with Gasteiger partial charge >= 0.3 is 0 Å². The molecule has 1 fully saturated rings. The summed E-state index contributed by atoms with van der Waals surface area (Å²) in [6.45, 7) is 5.26. The minimum Gasteiger partial charge on any atom is -0.429 e. The molecule has 1 aromatic heterocycles. The molecular formula is C10H15ClN2O. The predicted molar refractivity (Wildman–Crippen MR) is 58.0 cm³/mol. The second kappa shape index (κ2) is 4.24. The molecule has 0 saturated carbocycles.